The molecule has 1 aliphatic heterocycles. The van der Waals surface area contributed by atoms with Crippen LogP contribution in [-0.2, 0) is 19.2 Å². The number of ether oxygens (including phenoxy) is 1. The Balaban J connectivity index is 1.63. The predicted molar refractivity (Wildman–Crippen MR) is 139 cm³/mol. The fraction of sp³-hybridized carbons (Fsp3) is 0.500. The molecular weight excluding hydrogens is 565 g/mol. The van der Waals surface area contributed by atoms with Crippen molar-refractivity contribution < 1.29 is 37.0 Å². The summed E-state index contributed by atoms with van der Waals surface area (Å²) >= 11 is 3.45. The Morgan fingerprint density at radius 1 is 1.05 bits per heavy atom. The third kappa shape index (κ3) is 6.24. The van der Waals surface area contributed by atoms with Gasteiger partial charge in [-0.15, -0.1) is 4.65 Å². The summed E-state index contributed by atoms with van der Waals surface area (Å²) in [5, 5.41) is 0. The van der Waals surface area contributed by atoms with Gasteiger partial charge in [-0.2, -0.15) is 13.2 Å². The SMILES string of the molecule is C[C@@H](c1ccccc1)N(C)C(=O)[C@@H]1CC[C@@H]([N+]2(OC(=O)C(F)(F)F)CCOCC2)C[C@H]1c1ccc(Br)cc1. The number of amides is 1. The number of carbonyl (C=O) groups is 2. The average molecular weight is 598 g/mol. The molecule has 2 fully saturated rings. The zero-order valence-corrected chi connectivity index (χ0v) is 23.1. The molecule has 1 amide bonds. The second kappa shape index (κ2) is 11.8. The molecule has 0 radical (unpaired) electrons. The van der Waals surface area contributed by atoms with Crippen LogP contribution in [0.2, 0.25) is 0 Å². The molecule has 1 saturated heterocycles. The third-order valence-electron chi connectivity index (χ3n) is 8.04. The van der Waals surface area contributed by atoms with Gasteiger partial charge in [0, 0.05) is 36.2 Å². The van der Waals surface area contributed by atoms with Crippen LogP contribution in [0.3, 0.4) is 0 Å². The number of morpholine rings is 1. The molecule has 206 valence electrons. The highest BCUT2D eigenvalue weighted by Gasteiger charge is 2.54. The van der Waals surface area contributed by atoms with E-state index in [1.807, 2.05) is 61.5 Å². The summed E-state index contributed by atoms with van der Waals surface area (Å²) in [4.78, 5) is 32.8. The topological polar surface area (TPSA) is 55.8 Å². The summed E-state index contributed by atoms with van der Waals surface area (Å²) in [5.74, 6) is -2.80. The van der Waals surface area contributed by atoms with Crippen molar-refractivity contribution in [2.75, 3.05) is 33.4 Å². The molecule has 1 heterocycles. The number of halogens is 4. The van der Waals surface area contributed by atoms with Crippen molar-refractivity contribution in [2.45, 2.75) is 50.4 Å². The first-order valence-electron chi connectivity index (χ1n) is 12.8. The fourth-order valence-corrected chi connectivity index (χ4v) is 6.02. The Kier molecular flexibility index (Phi) is 8.84. The molecule has 0 spiro atoms. The van der Waals surface area contributed by atoms with Crippen LogP contribution in [0.15, 0.2) is 59.1 Å². The summed E-state index contributed by atoms with van der Waals surface area (Å²) in [5.41, 5.74) is 1.96. The van der Waals surface area contributed by atoms with Gasteiger partial charge >= 0.3 is 12.1 Å². The molecule has 6 nitrogen and oxygen atoms in total. The molecule has 4 atom stereocenters. The normalized spacial score (nSPS) is 24.3. The number of hydroxylamine groups is 3. The maximum absolute atomic E-state index is 13.9. The molecule has 0 bridgehead atoms. The van der Waals surface area contributed by atoms with Crippen LogP contribution in [0.5, 0.6) is 0 Å². The van der Waals surface area contributed by atoms with Crippen molar-refractivity contribution in [1.82, 2.24) is 4.90 Å². The fourth-order valence-electron chi connectivity index (χ4n) is 5.76. The number of hydrogen-bond acceptors (Lipinski definition) is 4. The van der Waals surface area contributed by atoms with Crippen LogP contribution in [0.1, 0.15) is 49.3 Å². The van der Waals surface area contributed by atoms with E-state index in [-0.39, 0.29) is 56.1 Å². The highest BCUT2D eigenvalue weighted by atomic mass is 79.9. The maximum Gasteiger partial charge on any atom is 0.497 e. The van der Waals surface area contributed by atoms with Crippen molar-refractivity contribution >= 4 is 27.8 Å². The minimum Gasteiger partial charge on any atom is -0.369 e. The largest absolute Gasteiger partial charge is 0.497 e. The lowest BCUT2D eigenvalue weighted by molar-refractivity contribution is -1.11. The Labute approximate surface area is 229 Å². The molecule has 0 aromatic heterocycles. The van der Waals surface area contributed by atoms with E-state index in [2.05, 4.69) is 15.9 Å². The van der Waals surface area contributed by atoms with Gasteiger partial charge in [0.1, 0.15) is 19.1 Å². The van der Waals surface area contributed by atoms with E-state index in [4.69, 9.17) is 9.57 Å². The molecule has 1 saturated carbocycles. The summed E-state index contributed by atoms with van der Waals surface area (Å²) in [6.45, 7) is 2.67. The monoisotopic (exact) mass is 597 g/mol. The first-order valence-corrected chi connectivity index (χ1v) is 13.6. The van der Waals surface area contributed by atoms with Gasteiger partial charge in [-0.05, 0) is 36.6 Å². The molecule has 4 rings (SSSR count). The van der Waals surface area contributed by atoms with Crippen LogP contribution in [0.4, 0.5) is 13.2 Å². The quantitative estimate of drug-likeness (QED) is 0.396. The van der Waals surface area contributed by atoms with Gasteiger partial charge in [0.05, 0.1) is 19.3 Å². The second-order valence-corrected chi connectivity index (χ2v) is 11.1. The van der Waals surface area contributed by atoms with Crippen LogP contribution in [-0.4, -0.2) is 67.0 Å². The van der Waals surface area contributed by atoms with Crippen molar-refractivity contribution in [3.05, 3.63) is 70.2 Å². The van der Waals surface area contributed by atoms with E-state index in [0.29, 0.717) is 19.3 Å². The van der Waals surface area contributed by atoms with Crippen molar-refractivity contribution in [1.29, 1.82) is 0 Å². The third-order valence-corrected chi connectivity index (χ3v) is 8.57. The molecule has 2 aliphatic rings. The zero-order chi connectivity index (χ0) is 27.5. The van der Waals surface area contributed by atoms with Gasteiger partial charge < -0.3 is 9.64 Å². The van der Waals surface area contributed by atoms with E-state index in [1.165, 1.54) is 0 Å². The van der Waals surface area contributed by atoms with E-state index >= 15 is 0 Å². The average Bonchev–Trinajstić information content (AvgIpc) is 2.92. The number of benzene rings is 2. The predicted octanol–water partition coefficient (Wildman–Crippen LogP) is 5.79. The van der Waals surface area contributed by atoms with Gasteiger partial charge in [-0.1, -0.05) is 58.4 Å². The standard InChI is InChI=1S/C28H33BrF3N2O4/c1-19(20-6-4-3-5-7-20)33(2)26(35)24-13-12-23(18-25(24)21-8-10-22(29)11-9-21)34(14-16-37-17-15-34)38-27(36)28(30,31)32/h3-11,19,23-25H,12-18H2,1-2H3/q+1/t19-,23+,24+,25-/m0/s1. The summed E-state index contributed by atoms with van der Waals surface area (Å²) in [6.07, 6.45) is -3.74. The minimum atomic E-state index is -5.09. The Morgan fingerprint density at radius 3 is 2.29 bits per heavy atom. The lowest BCUT2D eigenvalue weighted by Crippen LogP contribution is -2.64. The molecule has 1 aliphatic carbocycles. The van der Waals surface area contributed by atoms with Gasteiger partial charge in [0.2, 0.25) is 5.91 Å². The zero-order valence-electron chi connectivity index (χ0n) is 21.5. The summed E-state index contributed by atoms with van der Waals surface area (Å²) in [6, 6.07) is 16.9. The van der Waals surface area contributed by atoms with Crippen LogP contribution in [0, 0.1) is 5.92 Å². The van der Waals surface area contributed by atoms with Gasteiger partial charge in [-0.25, -0.2) is 4.79 Å². The Hall–Kier alpha value is -2.43. The number of quaternary nitrogens is 1. The molecule has 0 unspecified atom stereocenters. The first-order chi connectivity index (χ1) is 18.0. The maximum atomic E-state index is 13.9. The van der Waals surface area contributed by atoms with E-state index < -0.39 is 16.8 Å². The molecule has 0 N–H and O–H groups in total. The van der Waals surface area contributed by atoms with Crippen molar-refractivity contribution in [3.63, 3.8) is 0 Å². The molecule has 2 aromatic rings. The van der Waals surface area contributed by atoms with Crippen LogP contribution >= 0.6 is 15.9 Å². The van der Waals surface area contributed by atoms with Crippen LogP contribution in [0.25, 0.3) is 0 Å². The smallest absolute Gasteiger partial charge is 0.369 e. The molecular formula is C28H33BrF3N2O4+. The summed E-state index contributed by atoms with van der Waals surface area (Å²) in [7, 11) is 1.80. The van der Waals surface area contributed by atoms with E-state index in [1.54, 1.807) is 11.9 Å². The highest BCUT2D eigenvalue weighted by Crippen LogP contribution is 2.44. The number of nitrogens with zero attached hydrogens (tertiary/aromatic N) is 2. The van der Waals surface area contributed by atoms with Gasteiger partial charge in [0.25, 0.3) is 0 Å². The second-order valence-electron chi connectivity index (χ2n) is 10.2. The lowest BCUT2D eigenvalue weighted by Gasteiger charge is -2.47. The summed E-state index contributed by atoms with van der Waals surface area (Å²) < 4.78 is 45.5. The minimum absolute atomic E-state index is 0.00599. The van der Waals surface area contributed by atoms with E-state index in [9.17, 15) is 22.8 Å². The number of alkyl halides is 3. The van der Waals surface area contributed by atoms with E-state index in [0.717, 1.165) is 15.6 Å². The van der Waals surface area contributed by atoms with Gasteiger partial charge in [-0.3, -0.25) is 9.63 Å². The number of rotatable bonds is 6. The van der Waals surface area contributed by atoms with Crippen molar-refractivity contribution in [2.24, 2.45) is 5.92 Å². The van der Waals surface area contributed by atoms with Crippen LogP contribution < -0.4 is 0 Å². The van der Waals surface area contributed by atoms with Crippen molar-refractivity contribution in [3.8, 4) is 0 Å². The molecule has 2 aromatic carbocycles. The number of hydrogen-bond donors (Lipinski definition) is 0. The van der Waals surface area contributed by atoms with Gasteiger partial charge in [0.15, 0.2) is 0 Å². The molecule has 38 heavy (non-hydrogen) atoms. The molecule has 10 heteroatoms. The number of carbonyl (C=O) groups excluding carboxylic acids is 2. The lowest BCUT2D eigenvalue weighted by atomic mass is 9.72. The Morgan fingerprint density at radius 2 is 1.68 bits per heavy atom. The Bertz CT molecular complexity index is 1110. The first kappa shape index (κ1) is 28.6. The highest BCUT2D eigenvalue weighted by molar-refractivity contribution is 9.10.